The van der Waals surface area contributed by atoms with Crippen molar-refractivity contribution in [3.8, 4) is 0 Å². The lowest BCUT2D eigenvalue weighted by Gasteiger charge is -2.51. The minimum Gasteiger partial charge on any atom is -0.469 e. The van der Waals surface area contributed by atoms with Crippen LogP contribution in [0.5, 0.6) is 0 Å². The topological polar surface area (TPSA) is 142 Å². The number of hydrogen-bond donors (Lipinski definition) is 1. The second-order valence-electron chi connectivity index (χ2n) is 9.83. The van der Waals surface area contributed by atoms with Crippen molar-refractivity contribution in [2.75, 3.05) is 14.2 Å². The molecule has 1 unspecified atom stereocenters. The number of methoxy groups -OCH3 is 2. The molecule has 2 saturated carbocycles. The van der Waals surface area contributed by atoms with Crippen LogP contribution < -0.4 is 0 Å². The van der Waals surface area contributed by atoms with Crippen LogP contribution in [0.3, 0.4) is 0 Å². The summed E-state index contributed by atoms with van der Waals surface area (Å²) in [6.07, 6.45) is 0.289. The molecule has 192 valence electrons. The van der Waals surface area contributed by atoms with Crippen molar-refractivity contribution in [1.29, 1.82) is 0 Å². The fourth-order valence-corrected chi connectivity index (χ4v) is 6.37. The van der Waals surface area contributed by atoms with Crippen LogP contribution in [-0.2, 0) is 42.9 Å². The number of carbonyl (C=O) groups excluding carboxylic acids is 5. The van der Waals surface area contributed by atoms with E-state index in [-0.39, 0.29) is 31.5 Å². The molecular formula is C25H32O10. The van der Waals surface area contributed by atoms with E-state index < -0.39 is 64.4 Å². The first-order valence-electron chi connectivity index (χ1n) is 11.4. The Morgan fingerprint density at radius 2 is 1.77 bits per heavy atom. The Morgan fingerprint density at radius 3 is 2.31 bits per heavy atom. The lowest BCUT2D eigenvalue weighted by molar-refractivity contribution is -0.191. The van der Waals surface area contributed by atoms with Crippen LogP contribution in [0.25, 0.3) is 0 Å². The van der Waals surface area contributed by atoms with E-state index in [4.69, 9.17) is 18.9 Å². The maximum atomic E-state index is 13.6. The summed E-state index contributed by atoms with van der Waals surface area (Å²) in [5, 5.41) is 11.2. The number of esters is 4. The lowest BCUT2D eigenvalue weighted by Crippen LogP contribution is -2.61. The minimum absolute atomic E-state index is 0.000756. The fourth-order valence-electron chi connectivity index (χ4n) is 6.37. The molecule has 0 aromatic carbocycles. The van der Waals surface area contributed by atoms with Gasteiger partial charge in [0.1, 0.15) is 22.9 Å². The van der Waals surface area contributed by atoms with Gasteiger partial charge in [-0.1, -0.05) is 12.7 Å². The molecule has 0 saturated heterocycles. The highest BCUT2D eigenvalue weighted by Crippen LogP contribution is 2.63. The zero-order valence-electron chi connectivity index (χ0n) is 20.6. The normalized spacial score (nSPS) is 36.8. The second kappa shape index (κ2) is 9.22. The SMILES string of the molecule is C=C1C[C@]2([C@@H](C(=O)OC)[C@H]3C(O)C=C[C@H](OC(C)=O)[C@@]3(C)C(=O)OC)C[C@@]1(OC(C)=O)CCC2=O. The van der Waals surface area contributed by atoms with Crippen molar-refractivity contribution in [2.24, 2.45) is 22.7 Å². The van der Waals surface area contributed by atoms with E-state index in [9.17, 15) is 29.1 Å². The summed E-state index contributed by atoms with van der Waals surface area (Å²) in [6.45, 7) is 7.90. The molecule has 10 heteroatoms. The van der Waals surface area contributed by atoms with E-state index in [0.717, 1.165) is 14.2 Å². The molecule has 3 aliphatic rings. The van der Waals surface area contributed by atoms with Crippen LogP contribution in [0.2, 0.25) is 0 Å². The van der Waals surface area contributed by atoms with Crippen LogP contribution in [0.4, 0.5) is 0 Å². The van der Waals surface area contributed by atoms with Gasteiger partial charge in [0.25, 0.3) is 0 Å². The predicted molar refractivity (Wildman–Crippen MR) is 119 cm³/mol. The lowest BCUT2D eigenvalue weighted by atomic mass is 9.53. The first-order valence-corrected chi connectivity index (χ1v) is 11.4. The third-order valence-corrected chi connectivity index (χ3v) is 7.89. The smallest absolute Gasteiger partial charge is 0.316 e. The van der Waals surface area contributed by atoms with Crippen molar-refractivity contribution >= 4 is 29.7 Å². The molecule has 2 fully saturated rings. The zero-order chi connectivity index (χ0) is 26.3. The summed E-state index contributed by atoms with van der Waals surface area (Å²) in [5.41, 5.74) is -3.90. The third-order valence-electron chi connectivity index (χ3n) is 7.89. The van der Waals surface area contributed by atoms with Crippen molar-refractivity contribution in [3.63, 3.8) is 0 Å². The molecule has 3 aliphatic carbocycles. The Bertz CT molecular complexity index is 998. The number of ketones is 1. The van der Waals surface area contributed by atoms with Gasteiger partial charge in [0.05, 0.1) is 31.7 Å². The Morgan fingerprint density at radius 1 is 1.11 bits per heavy atom. The number of ether oxygens (including phenoxy) is 4. The molecule has 0 aromatic rings. The van der Waals surface area contributed by atoms with Gasteiger partial charge in [-0.3, -0.25) is 24.0 Å². The van der Waals surface area contributed by atoms with Gasteiger partial charge >= 0.3 is 23.9 Å². The average molecular weight is 493 g/mol. The van der Waals surface area contributed by atoms with E-state index in [1.165, 1.54) is 32.9 Å². The summed E-state index contributed by atoms with van der Waals surface area (Å²) in [4.78, 5) is 64.0. The Kier molecular flexibility index (Phi) is 7.00. The van der Waals surface area contributed by atoms with Crippen LogP contribution >= 0.6 is 0 Å². The number of rotatable bonds is 6. The number of Topliss-reactive ketones (excluding diaryl/α,β-unsaturated/α-hetero) is 1. The van der Waals surface area contributed by atoms with Crippen molar-refractivity contribution in [3.05, 3.63) is 24.3 Å². The summed E-state index contributed by atoms with van der Waals surface area (Å²) in [6, 6.07) is 0. The van der Waals surface area contributed by atoms with Crippen LogP contribution in [0, 0.1) is 22.7 Å². The average Bonchev–Trinajstić information content (AvgIpc) is 3.02. The van der Waals surface area contributed by atoms with Gasteiger partial charge in [-0.15, -0.1) is 0 Å². The van der Waals surface area contributed by atoms with E-state index in [0.29, 0.717) is 5.57 Å². The van der Waals surface area contributed by atoms with Crippen molar-refractivity contribution < 1.29 is 48.0 Å². The van der Waals surface area contributed by atoms with Gasteiger partial charge in [-0.05, 0) is 31.4 Å². The molecule has 0 spiro atoms. The second-order valence-corrected chi connectivity index (χ2v) is 9.83. The van der Waals surface area contributed by atoms with Gasteiger partial charge < -0.3 is 24.1 Å². The molecule has 0 heterocycles. The fraction of sp³-hybridized carbons (Fsp3) is 0.640. The monoisotopic (exact) mass is 492 g/mol. The standard InChI is InChI=1S/C25H32O10/c1-13-11-24(12-25(13,35-15(3)27)10-9-17(24)29)20(21(30)32-5)19-16(28)7-8-18(34-14(2)26)23(19,4)22(31)33-6/h7-8,16,18-20,28H,1,9-12H2,2-6H3/t16?,18-,19+,20+,23+,24-,25-/m0/s1. The molecule has 0 aromatic heterocycles. The van der Waals surface area contributed by atoms with Gasteiger partial charge in [0.2, 0.25) is 0 Å². The summed E-state index contributed by atoms with van der Waals surface area (Å²) >= 11 is 0. The van der Waals surface area contributed by atoms with E-state index in [1.807, 2.05) is 0 Å². The zero-order valence-corrected chi connectivity index (χ0v) is 20.6. The molecule has 10 nitrogen and oxygen atoms in total. The van der Waals surface area contributed by atoms with Crippen molar-refractivity contribution in [2.45, 2.75) is 64.3 Å². The third kappa shape index (κ3) is 4.07. The molecule has 0 radical (unpaired) electrons. The molecule has 1 N–H and O–H groups in total. The summed E-state index contributed by atoms with van der Waals surface area (Å²) in [7, 11) is 2.28. The van der Waals surface area contributed by atoms with Crippen molar-refractivity contribution in [1.82, 2.24) is 0 Å². The number of fused-ring (bicyclic) bond motifs is 2. The number of hydrogen-bond acceptors (Lipinski definition) is 10. The predicted octanol–water partition coefficient (Wildman–Crippen LogP) is 1.43. The molecule has 35 heavy (non-hydrogen) atoms. The number of aliphatic hydroxyl groups excluding tert-OH is 1. The Balaban J connectivity index is 2.24. The Labute approximate surface area is 203 Å². The van der Waals surface area contributed by atoms with Crippen LogP contribution in [0.1, 0.15) is 46.5 Å². The highest BCUT2D eigenvalue weighted by Gasteiger charge is 2.70. The first-order chi connectivity index (χ1) is 16.3. The number of carbonyl (C=O) groups is 5. The molecular weight excluding hydrogens is 460 g/mol. The van der Waals surface area contributed by atoms with Crippen LogP contribution in [0.15, 0.2) is 24.3 Å². The number of aliphatic hydroxyl groups is 1. The summed E-state index contributed by atoms with van der Waals surface area (Å²) in [5.74, 6) is -5.84. The molecule has 0 amide bonds. The van der Waals surface area contributed by atoms with Crippen LogP contribution in [-0.4, -0.2) is 66.8 Å². The molecule has 3 rings (SSSR count). The highest BCUT2D eigenvalue weighted by molar-refractivity contribution is 5.94. The van der Waals surface area contributed by atoms with E-state index >= 15 is 0 Å². The largest absolute Gasteiger partial charge is 0.469 e. The molecule has 0 aliphatic heterocycles. The summed E-state index contributed by atoms with van der Waals surface area (Å²) < 4.78 is 21.2. The minimum atomic E-state index is -1.76. The quantitative estimate of drug-likeness (QED) is 0.329. The Hall–Kier alpha value is -3.01. The van der Waals surface area contributed by atoms with E-state index in [1.54, 1.807) is 0 Å². The van der Waals surface area contributed by atoms with E-state index in [2.05, 4.69) is 6.58 Å². The van der Waals surface area contributed by atoms with Gasteiger partial charge in [0, 0.05) is 32.6 Å². The maximum absolute atomic E-state index is 13.6. The first kappa shape index (κ1) is 26.6. The maximum Gasteiger partial charge on any atom is 0.316 e. The van der Waals surface area contributed by atoms with Gasteiger partial charge in [-0.2, -0.15) is 0 Å². The molecule has 7 atom stereocenters. The highest BCUT2D eigenvalue weighted by atomic mass is 16.6. The van der Waals surface area contributed by atoms with Gasteiger partial charge in [0.15, 0.2) is 0 Å². The molecule has 2 bridgehead atoms. The van der Waals surface area contributed by atoms with Gasteiger partial charge in [-0.25, -0.2) is 0 Å².